The summed E-state index contributed by atoms with van der Waals surface area (Å²) in [6, 6.07) is 3.65. The molecule has 1 fully saturated rings. The molecule has 0 bridgehead atoms. The Morgan fingerprint density at radius 2 is 2.16 bits per heavy atom. The lowest BCUT2D eigenvalue weighted by molar-refractivity contribution is -0.120. The highest BCUT2D eigenvalue weighted by Gasteiger charge is 2.29. The van der Waals surface area contributed by atoms with Gasteiger partial charge in [0, 0.05) is 12.1 Å². The minimum atomic E-state index is -0.661. The quantitative estimate of drug-likeness (QED) is 0.753. The molecule has 1 aliphatic rings. The average Bonchev–Trinajstić information content (AvgIpc) is 2.78. The molecule has 2 amide bonds. The van der Waals surface area contributed by atoms with Gasteiger partial charge < -0.3 is 16.4 Å². The molecule has 2 atom stereocenters. The molecular weight excluding hydrogens is 249 g/mol. The van der Waals surface area contributed by atoms with Crippen LogP contribution in [0.2, 0.25) is 0 Å². The van der Waals surface area contributed by atoms with Gasteiger partial charge in [-0.3, -0.25) is 9.59 Å². The summed E-state index contributed by atoms with van der Waals surface area (Å²) < 4.78 is 13.6. The molecule has 1 aromatic rings. The second-order valence-corrected chi connectivity index (χ2v) is 4.79. The Hall–Kier alpha value is -1.95. The smallest absolute Gasteiger partial charge is 0.248 e. The van der Waals surface area contributed by atoms with Crippen molar-refractivity contribution in [2.75, 3.05) is 18.4 Å². The van der Waals surface area contributed by atoms with Crippen molar-refractivity contribution in [1.82, 2.24) is 5.32 Å². The van der Waals surface area contributed by atoms with Crippen LogP contribution >= 0.6 is 0 Å². The van der Waals surface area contributed by atoms with Crippen LogP contribution in [0.4, 0.5) is 10.1 Å². The lowest BCUT2D eigenvalue weighted by Crippen LogP contribution is -2.28. The number of rotatable bonds is 3. The number of amides is 2. The van der Waals surface area contributed by atoms with Crippen LogP contribution in [0.1, 0.15) is 17.3 Å². The van der Waals surface area contributed by atoms with E-state index < -0.39 is 11.7 Å². The fraction of sp³-hybridized carbons (Fsp3) is 0.385. The third-order valence-electron chi connectivity index (χ3n) is 3.36. The third-order valence-corrected chi connectivity index (χ3v) is 3.36. The fourth-order valence-corrected chi connectivity index (χ4v) is 2.16. The molecule has 1 aliphatic heterocycles. The maximum absolute atomic E-state index is 13.6. The second-order valence-electron chi connectivity index (χ2n) is 4.79. The highest BCUT2D eigenvalue weighted by atomic mass is 19.1. The molecule has 1 heterocycles. The van der Waals surface area contributed by atoms with Gasteiger partial charge in [-0.15, -0.1) is 0 Å². The Morgan fingerprint density at radius 1 is 1.42 bits per heavy atom. The van der Waals surface area contributed by atoms with Gasteiger partial charge in [-0.05, 0) is 30.7 Å². The lowest BCUT2D eigenvalue weighted by atomic mass is 9.97. The van der Waals surface area contributed by atoms with E-state index in [1.165, 1.54) is 12.1 Å². The summed E-state index contributed by atoms with van der Waals surface area (Å²) in [5.74, 6) is -1.50. The molecule has 2 rings (SSSR count). The summed E-state index contributed by atoms with van der Waals surface area (Å²) in [7, 11) is 0. The zero-order valence-electron chi connectivity index (χ0n) is 10.6. The lowest BCUT2D eigenvalue weighted by Gasteiger charge is -2.15. The first kappa shape index (κ1) is 13.5. The zero-order valence-corrected chi connectivity index (χ0v) is 10.6. The van der Waals surface area contributed by atoms with E-state index in [1.807, 2.05) is 6.92 Å². The summed E-state index contributed by atoms with van der Waals surface area (Å²) in [4.78, 5) is 23.1. The molecule has 0 spiro atoms. The predicted molar refractivity (Wildman–Crippen MR) is 69.1 cm³/mol. The first-order chi connectivity index (χ1) is 8.99. The Morgan fingerprint density at radius 3 is 2.74 bits per heavy atom. The number of halogens is 1. The molecule has 0 radical (unpaired) electrons. The molecular formula is C13H16FN3O2. The van der Waals surface area contributed by atoms with Crippen LogP contribution in [0.25, 0.3) is 0 Å². The summed E-state index contributed by atoms with van der Waals surface area (Å²) in [6.07, 6.45) is 0. The van der Waals surface area contributed by atoms with Crippen molar-refractivity contribution < 1.29 is 14.0 Å². The number of carbonyl (C=O) groups excluding carboxylic acids is 2. The van der Waals surface area contributed by atoms with Crippen molar-refractivity contribution in [2.24, 2.45) is 17.6 Å². The van der Waals surface area contributed by atoms with E-state index in [1.54, 1.807) is 0 Å². The molecule has 5 nitrogen and oxygen atoms in total. The van der Waals surface area contributed by atoms with Crippen LogP contribution in [0.5, 0.6) is 0 Å². The van der Waals surface area contributed by atoms with E-state index in [0.29, 0.717) is 6.54 Å². The Bertz CT molecular complexity index is 519. The van der Waals surface area contributed by atoms with E-state index >= 15 is 0 Å². The number of hydrogen-bond acceptors (Lipinski definition) is 3. The second kappa shape index (κ2) is 5.36. The number of benzene rings is 1. The van der Waals surface area contributed by atoms with Gasteiger partial charge in [0.05, 0.1) is 11.6 Å². The van der Waals surface area contributed by atoms with E-state index in [4.69, 9.17) is 5.73 Å². The third kappa shape index (κ3) is 2.90. The minimum Gasteiger partial charge on any atom is -0.366 e. The van der Waals surface area contributed by atoms with Gasteiger partial charge in [0.1, 0.15) is 5.82 Å². The van der Waals surface area contributed by atoms with Crippen LogP contribution in [-0.4, -0.2) is 24.9 Å². The molecule has 4 N–H and O–H groups in total. The highest BCUT2D eigenvalue weighted by molar-refractivity contribution is 5.97. The molecule has 6 heteroatoms. The van der Waals surface area contributed by atoms with Crippen LogP contribution in [0.3, 0.4) is 0 Å². The average molecular weight is 265 g/mol. The number of anilines is 1. The van der Waals surface area contributed by atoms with Crippen molar-refractivity contribution in [1.29, 1.82) is 0 Å². The van der Waals surface area contributed by atoms with Crippen LogP contribution in [-0.2, 0) is 4.79 Å². The van der Waals surface area contributed by atoms with Gasteiger partial charge in [0.25, 0.3) is 0 Å². The highest BCUT2D eigenvalue weighted by Crippen LogP contribution is 2.21. The molecule has 0 aromatic heterocycles. The number of nitrogens with two attached hydrogens (primary N) is 1. The zero-order chi connectivity index (χ0) is 14.0. The predicted octanol–water partition coefficient (Wildman–Crippen LogP) is 0.719. The fourth-order valence-electron chi connectivity index (χ4n) is 2.16. The van der Waals surface area contributed by atoms with Crippen molar-refractivity contribution in [3.8, 4) is 0 Å². The topological polar surface area (TPSA) is 84.2 Å². The number of nitrogens with one attached hydrogen (secondary N) is 2. The first-order valence-corrected chi connectivity index (χ1v) is 6.10. The summed E-state index contributed by atoms with van der Waals surface area (Å²) in [5, 5.41) is 5.62. The minimum absolute atomic E-state index is 0.0135. The molecule has 102 valence electrons. The van der Waals surface area contributed by atoms with E-state index in [9.17, 15) is 14.0 Å². The van der Waals surface area contributed by atoms with Crippen LogP contribution in [0.15, 0.2) is 18.2 Å². The molecule has 0 unspecified atom stereocenters. The van der Waals surface area contributed by atoms with E-state index in [-0.39, 0.29) is 29.0 Å². The molecule has 0 saturated carbocycles. The number of hydrogen-bond donors (Lipinski definition) is 3. The monoisotopic (exact) mass is 265 g/mol. The number of primary amides is 1. The van der Waals surface area contributed by atoms with Crippen molar-refractivity contribution in [2.45, 2.75) is 6.92 Å². The summed E-state index contributed by atoms with van der Waals surface area (Å²) >= 11 is 0. The van der Waals surface area contributed by atoms with Crippen molar-refractivity contribution in [3.05, 3.63) is 29.6 Å². The van der Waals surface area contributed by atoms with Gasteiger partial charge in [-0.25, -0.2) is 4.39 Å². The molecule has 19 heavy (non-hydrogen) atoms. The van der Waals surface area contributed by atoms with E-state index in [2.05, 4.69) is 10.6 Å². The SMILES string of the molecule is C[C@@H]1CNC[C@H]1C(=O)Nc1cc(C(N)=O)ccc1F. The van der Waals surface area contributed by atoms with Crippen molar-refractivity contribution >= 4 is 17.5 Å². The van der Waals surface area contributed by atoms with Gasteiger partial charge in [-0.1, -0.05) is 6.92 Å². The number of carbonyl (C=O) groups is 2. The van der Waals surface area contributed by atoms with Gasteiger partial charge >= 0.3 is 0 Å². The molecule has 1 aromatic carbocycles. The van der Waals surface area contributed by atoms with Gasteiger partial charge in [0.15, 0.2) is 0 Å². The normalized spacial score (nSPS) is 22.2. The van der Waals surface area contributed by atoms with Crippen LogP contribution in [0, 0.1) is 17.7 Å². The van der Waals surface area contributed by atoms with E-state index in [0.717, 1.165) is 12.6 Å². The van der Waals surface area contributed by atoms with Crippen LogP contribution < -0.4 is 16.4 Å². The van der Waals surface area contributed by atoms with Gasteiger partial charge in [-0.2, -0.15) is 0 Å². The summed E-state index contributed by atoms with van der Waals surface area (Å²) in [6.45, 7) is 3.30. The standard InChI is InChI=1S/C13H16FN3O2/c1-7-5-16-6-9(7)13(19)17-11-4-8(12(15)18)2-3-10(11)14/h2-4,7,9,16H,5-6H2,1H3,(H2,15,18)(H,17,19)/t7-,9-/m1/s1. The first-order valence-electron chi connectivity index (χ1n) is 6.10. The molecule has 0 aliphatic carbocycles. The maximum Gasteiger partial charge on any atom is 0.248 e. The summed E-state index contributed by atoms with van der Waals surface area (Å²) in [5.41, 5.74) is 5.27. The van der Waals surface area contributed by atoms with Crippen molar-refractivity contribution in [3.63, 3.8) is 0 Å². The van der Waals surface area contributed by atoms with Gasteiger partial charge in [0.2, 0.25) is 11.8 Å². The largest absolute Gasteiger partial charge is 0.366 e. The Balaban J connectivity index is 2.16. The Kier molecular flexibility index (Phi) is 3.80. The Labute approximate surface area is 110 Å². The maximum atomic E-state index is 13.6. The molecule has 1 saturated heterocycles.